The Labute approximate surface area is 107 Å². The Bertz CT molecular complexity index is 553. The first-order valence-electron chi connectivity index (χ1n) is 5.24. The van der Waals surface area contributed by atoms with Crippen molar-refractivity contribution in [1.82, 2.24) is 9.97 Å². The fourth-order valence-corrected chi connectivity index (χ4v) is 3.20. The summed E-state index contributed by atoms with van der Waals surface area (Å²) >= 11 is 2.90. The van der Waals surface area contributed by atoms with E-state index in [2.05, 4.69) is 23.0 Å². The largest absolute Gasteiger partial charge is 0.480 e. The average molecular weight is 268 g/mol. The lowest BCUT2D eigenvalue weighted by Gasteiger charge is -2.05. The van der Waals surface area contributed by atoms with E-state index in [1.165, 1.54) is 23.0 Å². The van der Waals surface area contributed by atoms with Crippen LogP contribution in [0.15, 0.2) is 17.4 Å². The summed E-state index contributed by atoms with van der Waals surface area (Å²) in [4.78, 5) is 21.4. The van der Waals surface area contributed by atoms with Gasteiger partial charge in [-0.3, -0.25) is 4.79 Å². The predicted molar refractivity (Wildman–Crippen MR) is 69.7 cm³/mol. The summed E-state index contributed by atoms with van der Waals surface area (Å²) in [6.07, 6.45) is 2.45. The SMILES string of the molecule is CCc1cc2c(SC(C)C(=O)O)ncnc2s1. The third-order valence-corrected chi connectivity index (χ3v) is 4.62. The third-order valence-electron chi connectivity index (χ3n) is 2.33. The van der Waals surface area contributed by atoms with Crippen molar-refractivity contribution in [3.63, 3.8) is 0 Å². The molecule has 0 amide bonds. The zero-order valence-electron chi connectivity index (χ0n) is 9.51. The number of fused-ring (bicyclic) bond motifs is 1. The van der Waals surface area contributed by atoms with Gasteiger partial charge in [-0.1, -0.05) is 18.7 Å². The second-order valence-electron chi connectivity index (χ2n) is 3.56. The molecule has 0 fully saturated rings. The molecule has 0 aromatic carbocycles. The number of hydrogen-bond donors (Lipinski definition) is 1. The molecule has 2 aromatic rings. The van der Waals surface area contributed by atoms with Crippen molar-refractivity contribution in [2.45, 2.75) is 30.5 Å². The molecular formula is C11H12N2O2S2. The Morgan fingerprint density at radius 3 is 3.00 bits per heavy atom. The highest BCUT2D eigenvalue weighted by molar-refractivity contribution is 8.00. The van der Waals surface area contributed by atoms with Crippen LogP contribution in [-0.4, -0.2) is 26.3 Å². The van der Waals surface area contributed by atoms with E-state index in [-0.39, 0.29) is 0 Å². The molecule has 90 valence electrons. The number of rotatable bonds is 4. The summed E-state index contributed by atoms with van der Waals surface area (Å²) in [5.74, 6) is -0.826. The van der Waals surface area contributed by atoms with Gasteiger partial charge in [0, 0.05) is 10.3 Å². The van der Waals surface area contributed by atoms with E-state index in [1.807, 2.05) is 0 Å². The lowest BCUT2D eigenvalue weighted by Crippen LogP contribution is -2.11. The first-order chi connectivity index (χ1) is 8.11. The number of aryl methyl sites for hydroxylation is 1. The van der Waals surface area contributed by atoms with Crippen LogP contribution < -0.4 is 0 Å². The molecular weight excluding hydrogens is 256 g/mol. The highest BCUT2D eigenvalue weighted by Crippen LogP contribution is 2.32. The van der Waals surface area contributed by atoms with E-state index >= 15 is 0 Å². The number of aliphatic carboxylic acids is 1. The summed E-state index contributed by atoms with van der Waals surface area (Å²) in [7, 11) is 0. The van der Waals surface area contributed by atoms with Gasteiger partial charge in [-0.05, 0) is 19.4 Å². The van der Waals surface area contributed by atoms with Crippen LogP contribution >= 0.6 is 23.1 Å². The van der Waals surface area contributed by atoms with Crippen molar-refractivity contribution in [3.05, 3.63) is 17.3 Å². The van der Waals surface area contributed by atoms with Gasteiger partial charge in [-0.15, -0.1) is 11.3 Å². The second kappa shape index (κ2) is 5.01. The zero-order valence-corrected chi connectivity index (χ0v) is 11.1. The molecule has 17 heavy (non-hydrogen) atoms. The fourth-order valence-electron chi connectivity index (χ4n) is 1.37. The Kier molecular flexibility index (Phi) is 3.63. The van der Waals surface area contributed by atoms with Crippen molar-refractivity contribution in [1.29, 1.82) is 0 Å². The van der Waals surface area contributed by atoms with Crippen LogP contribution in [0.4, 0.5) is 0 Å². The molecule has 6 heteroatoms. The predicted octanol–water partition coefficient (Wildman–Crippen LogP) is 2.82. The van der Waals surface area contributed by atoms with Gasteiger partial charge in [0.2, 0.25) is 0 Å². The quantitative estimate of drug-likeness (QED) is 0.682. The molecule has 1 unspecified atom stereocenters. The minimum absolute atomic E-state index is 0.502. The molecule has 0 radical (unpaired) electrons. The summed E-state index contributed by atoms with van der Waals surface area (Å²) < 4.78 is 0. The molecule has 0 saturated carbocycles. The molecule has 4 nitrogen and oxygen atoms in total. The first kappa shape index (κ1) is 12.3. The molecule has 2 rings (SSSR count). The number of carbonyl (C=O) groups is 1. The monoisotopic (exact) mass is 268 g/mol. The third kappa shape index (κ3) is 2.58. The van der Waals surface area contributed by atoms with E-state index in [1.54, 1.807) is 18.3 Å². The Morgan fingerprint density at radius 1 is 1.59 bits per heavy atom. The van der Waals surface area contributed by atoms with Gasteiger partial charge in [0.25, 0.3) is 0 Å². The molecule has 0 aliphatic rings. The zero-order chi connectivity index (χ0) is 12.4. The average Bonchev–Trinajstić information content (AvgIpc) is 2.72. The number of hydrogen-bond acceptors (Lipinski definition) is 5. The standard InChI is InChI=1S/C11H12N2O2S2/c1-3-7-4-8-9(16-6(2)11(14)15)12-5-13-10(8)17-7/h4-6H,3H2,1-2H3,(H,14,15). The van der Waals surface area contributed by atoms with Gasteiger partial charge < -0.3 is 5.11 Å². The summed E-state index contributed by atoms with van der Waals surface area (Å²) in [6.45, 7) is 3.75. The number of thiophene rings is 1. The van der Waals surface area contributed by atoms with Crippen LogP contribution in [0.1, 0.15) is 18.7 Å². The van der Waals surface area contributed by atoms with Gasteiger partial charge in [0.15, 0.2) is 0 Å². The molecule has 1 atom stereocenters. The first-order valence-corrected chi connectivity index (χ1v) is 6.94. The molecule has 0 aliphatic carbocycles. The molecule has 2 heterocycles. The Hall–Kier alpha value is -1.14. The Morgan fingerprint density at radius 2 is 2.35 bits per heavy atom. The number of carboxylic acids is 1. The molecule has 0 aliphatic heterocycles. The number of carboxylic acid groups (broad SMARTS) is 1. The normalized spacial score (nSPS) is 12.8. The highest BCUT2D eigenvalue weighted by Gasteiger charge is 2.16. The van der Waals surface area contributed by atoms with Crippen LogP contribution in [0.5, 0.6) is 0 Å². The van der Waals surface area contributed by atoms with Gasteiger partial charge >= 0.3 is 5.97 Å². The van der Waals surface area contributed by atoms with Gasteiger partial charge in [-0.25, -0.2) is 9.97 Å². The summed E-state index contributed by atoms with van der Waals surface area (Å²) in [5.41, 5.74) is 0. The van der Waals surface area contributed by atoms with Crippen molar-refractivity contribution in [3.8, 4) is 0 Å². The number of thioether (sulfide) groups is 1. The van der Waals surface area contributed by atoms with E-state index in [4.69, 9.17) is 5.11 Å². The fraction of sp³-hybridized carbons (Fsp3) is 0.364. The van der Waals surface area contributed by atoms with Crippen LogP contribution in [0.25, 0.3) is 10.2 Å². The lowest BCUT2D eigenvalue weighted by molar-refractivity contribution is -0.136. The van der Waals surface area contributed by atoms with Crippen LogP contribution in [-0.2, 0) is 11.2 Å². The van der Waals surface area contributed by atoms with E-state index in [0.29, 0.717) is 0 Å². The highest BCUT2D eigenvalue weighted by atomic mass is 32.2. The number of aromatic nitrogens is 2. The number of nitrogens with zero attached hydrogens (tertiary/aromatic N) is 2. The maximum Gasteiger partial charge on any atom is 0.316 e. The van der Waals surface area contributed by atoms with Crippen LogP contribution in [0.2, 0.25) is 0 Å². The van der Waals surface area contributed by atoms with Crippen LogP contribution in [0.3, 0.4) is 0 Å². The van der Waals surface area contributed by atoms with E-state index in [9.17, 15) is 4.79 Å². The van der Waals surface area contributed by atoms with Crippen LogP contribution in [0, 0.1) is 0 Å². The molecule has 0 saturated heterocycles. The minimum Gasteiger partial charge on any atom is -0.480 e. The smallest absolute Gasteiger partial charge is 0.316 e. The minimum atomic E-state index is -0.826. The molecule has 1 N–H and O–H groups in total. The maximum absolute atomic E-state index is 10.8. The van der Waals surface area contributed by atoms with Crippen molar-refractivity contribution >= 4 is 39.3 Å². The molecule has 0 spiro atoms. The molecule has 2 aromatic heterocycles. The van der Waals surface area contributed by atoms with E-state index in [0.717, 1.165) is 21.7 Å². The van der Waals surface area contributed by atoms with Gasteiger partial charge in [-0.2, -0.15) is 0 Å². The summed E-state index contributed by atoms with van der Waals surface area (Å²) in [5, 5.41) is 10.1. The van der Waals surface area contributed by atoms with Gasteiger partial charge in [0.05, 0.1) is 0 Å². The Balaban J connectivity index is 2.39. The van der Waals surface area contributed by atoms with Crippen molar-refractivity contribution in [2.24, 2.45) is 0 Å². The van der Waals surface area contributed by atoms with Gasteiger partial charge in [0.1, 0.15) is 21.4 Å². The van der Waals surface area contributed by atoms with Crippen molar-refractivity contribution in [2.75, 3.05) is 0 Å². The second-order valence-corrected chi connectivity index (χ2v) is 6.01. The van der Waals surface area contributed by atoms with E-state index < -0.39 is 11.2 Å². The van der Waals surface area contributed by atoms with Crippen molar-refractivity contribution < 1.29 is 9.90 Å². The topological polar surface area (TPSA) is 63.1 Å². The molecule has 0 bridgehead atoms. The maximum atomic E-state index is 10.8. The summed E-state index contributed by atoms with van der Waals surface area (Å²) in [6, 6.07) is 2.05. The lowest BCUT2D eigenvalue weighted by atomic mass is 10.3.